The normalized spacial score (nSPS) is 11.1. The summed E-state index contributed by atoms with van der Waals surface area (Å²) in [4.78, 5) is 0. The Morgan fingerprint density at radius 2 is 1.04 bits per heavy atom. The zero-order valence-corrected chi connectivity index (χ0v) is 15.7. The van der Waals surface area contributed by atoms with E-state index >= 15 is 0 Å². The lowest BCUT2D eigenvalue weighted by molar-refractivity contribution is 1.69. The fourth-order valence-electron chi connectivity index (χ4n) is 2.25. The first-order valence-electron chi connectivity index (χ1n) is 7.20. The maximum atomic E-state index is 6.20. The van der Waals surface area contributed by atoms with Crippen LogP contribution >= 0.6 is 28.8 Å². The Hall–Kier alpha value is -1.25. The molecule has 0 heterocycles. The molecule has 0 aromatic heterocycles. The van der Waals surface area contributed by atoms with Crippen LogP contribution in [-0.4, -0.2) is 4.20 Å². The Morgan fingerprint density at radius 1 is 0.652 bits per heavy atom. The number of hydrogen-bond donors (Lipinski definition) is 0. The summed E-state index contributed by atoms with van der Waals surface area (Å²) in [6.45, 7) is 0. The minimum absolute atomic E-state index is 0.863. The molecule has 3 aromatic rings. The maximum Gasteiger partial charge on any atom is 0.0833 e. The van der Waals surface area contributed by atoms with Crippen LogP contribution in [0.4, 0.5) is 0 Å². The van der Waals surface area contributed by atoms with Gasteiger partial charge in [0.2, 0.25) is 0 Å². The molecule has 0 bridgehead atoms. The van der Waals surface area contributed by atoms with Crippen molar-refractivity contribution in [3.8, 4) is 0 Å². The van der Waals surface area contributed by atoms with Crippen LogP contribution in [-0.2, 0) is 11.8 Å². The fraction of sp³-hybridized carbons (Fsp3) is 0. The molecule has 0 aliphatic carbocycles. The lowest BCUT2D eigenvalue weighted by atomic mass is 10.2. The van der Waals surface area contributed by atoms with Crippen LogP contribution in [0.1, 0.15) is 5.56 Å². The first-order valence-corrected chi connectivity index (χ1v) is 11.8. The third-order valence-corrected chi connectivity index (χ3v) is 11.4. The molecule has 0 radical (unpaired) electrons. The first kappa shape index (κ1) is 16.6. The molecule has 3 aromatic carbocycles. The third kappa shape index (κ3) is 3.81. The zero-order valence-electron chi connectivity index (χ0n) is 12.3. The monoisotopic (exact) mass is 370 g/mol. The van der Waals surface area contributed by atoms with Crippen LogP contribution in [0.2, 0.25) is 0 Å². The molecule has 0 N–H and O–H groups in total. The van der Waals surface area contributed by atoms with Gasteiger partial charge >= 0.3 is 0 Å². The van der Waals surface area contributed by atoms with E-state index in [0.29, 0.717) is 0 Å². The summed E-state index contributed by atoms with van der Waals surface area (Å²) in [7, 11) is 0. The Bertz CT molecular complexity index is 787. The molecule has 0 atom stereocenters. The molecule has 0 saturated carbocycles. The minimum Gasteiger partial charge on any atom is -0.0756 e. The highest BCUT2D eigenvalue weighted by Crippen LogP contribution is 2.58. The van der Waals surface area contributed by atoms with Crippen LogP contribution in [0.5, 0.6) is 0 Å². The summed E-state index contributed by atoms with van der Waals surface area (Å²) in [5.41, 5.74) is 1.06. The molecule has 0 aliphatic rings. The third-order valence-electron chi connectivity index (χ3n) is 3.41. The molecule has 0 amide bonds. The molecule has 0 fully saturated rings. The van der Waals surface area contributed by atoms with Gasteiger partial charge in [-0.25, -0.2) is 0 Å². The van der Waals surface area contributed by atoms with E-state index < -0.39 is 5.24 Å². The molecule has 114 valence electrons. The van der Waals surface area contributed by atoms with E-state index in [1.165, 1.54) is 10.6 Å². The van der Waals surface area contributed by atoms with Gasteiger partial charge in [-0.15, -0.1) is 0 Å². The second-order valence-corrected chi connectivity index (χ2v) is 12.9. The number of rotatable bonds is 4. The number of hydrogen-bond acceptors (Lipinski definition) is 3. The SMILES string of the molecule is S=C(SP(=S)(c1ccccc1)c1ccccc1)c1ccccc1. The van der Waals surface area contributed by atoms with Crippen LogP contribution in [0.25, 0.3) is 0 Å². The molecule has 23 heavy (non-hydrogen) atoms. The lowest BCUT2D eigenvalue weighted by Crippen LogP contribution is -2.14. The van der Waals surface area contributed by atoms with E-state index in [2.05, 4.69) is 24.3 Å². The molecule has 0 nitrogen and oxygen atoms in total. The molecular weight excluding hydrogens is 355 g/mol. The van der Waals surface area contributed by atoms with Gasteiger partial charge in [0.25, 0.3) is 0 Å². The predicted octanol–water partition coefficient (Wildman–Crippen LogP) is 5.14. The topological polar surface area (TPSA) is 0 Å². The average Bonchev–Trinajstić information content (AvgIpc) is 2.64. The highest BCUT2D eigenvalue weighted by molar-refractivity contribution is 8.81. The quantitative estimate of drug-likeness (QED) is 0.461. The highest BCUT2D eigenvalue weighted by Gasteiger charge is 2.25. The summed E-state index contributed by atoms with van der Waals surface area (Å²) in [5.74, 6) is 0. The van der Waals surface area contributed by atoms with Crippen molar-refractivity contribution in [2.45, 2.75) is 0 Å². The van der Waals surface area contributed by atoms with E-state index in [-0.39, 0.29) is 0 Å². The summed E-state index contributed by atoms with van der Waals surface area (Å²) >= 11 is 13.6. The molecule has 0 spiro atoms. The van der Waals surface area contributed by atoms with Crippen molar-refractivity contribution in [2.75, 3.05) is 0 Å². The van der Waals surface area contributed by atoms with Crippen molar-refractivity contribution in [3.63, 3.8) is 0 Å². The largest absolute Gasteiger partial charge is 0.0833 e. The number of thiocarbonyl (C=S) groups is 1. The first-order chi connectivity index (χ1) is 11.2. The van der Waals surface area contributed by atoms with Crippen molar-refractivity contribution >= 4 is 55.5 Å². The van der Waals surface area contributed by atoms with E-state index in [0.717, 1.165) is 9.76 Å². The maximum absolute atomic E-state index is 6.20. The predicted molar refractivity (Wildman–Crippen MR) is 112 cm³/mol. The van der Waals surface area contributed by atoms with Gasteiger partial charge in [0, 0.05) is 0 Å². The molecule has 0 aliphatic heterocycles. The Balaban J connectivity index is 2.04. The second kappa shape index (κ2) is 7.55. The van der Waals surface area contributed by atoms with Gasteiger partial charge in [-0.2, -0.15) is 0 Å². The van der Waals surface area contributed by atoms with Crippen LogP contribution in [0.15, 0.2) is 91.0 Å². The minimum atomic E-state index is -2.04. The van der Waals surface area contributed by atoms with Crippen molar-refractivity contribution in [1.82, 2.24) is 0 Å². The van der Waals surface area contributed by atoms with Crippen molar-refractivity contribution < 1.29 is 0 Å². The number of benzene rings is 3. The van der Waals surface area contributed by atoms with E-state index in [1.807, 2.05) is 66.7 Å². The van der Waals surface area contributed by atoms with Gasteiger partial charge in [0.15, 0.2) is 0 Å². The Kier molecular flexibility index (Phi) is 5.45. The van der Waals surface area contributed by atoms with E-state index in [9.17, 15) is 0 Å². The van der Waals surface area contributed by atoms with Gasteiger partial charge in [-0.05, 0) is 16.2 Å². The summed E-state index contributed by atoms with van der Waals surface area (Å²) in [6.07, 6.45) is 0. The van der Waals surface area contributed by atoms with Gasteiger partial charge in [-0.1, -0.05) is 126 Å². The lowest BCUT2D eigenvalue weighted by Gasteiger charge is -2.23. The summed E-state index contributed by atoms with van der Waals surface area (Å²) in [5, 5.41) is 0.333. The van der Waals surface area contributed by atoms with Crippen molar-refractivity contribution in [3.05, 3.63) is 96.6 Å². The zero-order chi connectivity index (χ0) is 16.1. The molecule has 0 saturated heterocycles. The van der Waals surface area contributed by atoms with Gasteiger partial charge < -0.3 is 0 Å². The molecule has 4 heteroatoms. The fourth-order valence-corrected chi connectivity index (χ4v) is 9.71. The van der Waals surface area contributed by atoms with Crippen LogP contribution in [0, 0.1) is 0 Å². The van der Waals surface area contributed by atoms with Gasteiger partial charge in [-0.3, -0.25) is 0 Å². The van der Waals surface area contributed by atoms with Crippen molar-refractivity contribution in [1.29, 1.82) is 0 Å². The average molecular weight is 371 g/mol. The molecular formula is C19H15PS3. The summed E-state index contributed by atoms with van der Waals surface area (Å²) in [6, 6.07) is 30.8. The Labute approximate surface area is 151 Å². The molecule has 3 rings (SSSR count). The second-order valence-electron chi connectivity index (χ2n) is 4.97. The standard InChI is InChI=1S/C19H15PS3/c21-19(16-10-4-1-5-11-16)23-20(22,17-12-6-2-7-13-17)18-14-8-3-9-15-18/h1-15H. The van der Waals surface area contributed by atoms with Gasteiger partial charge in [0.1, 0.15) is 0 Å². The highest BCUT2D eigenvalue weighted by atomic mass is 32.9. The summed E-state index contributed by atoms with van der Waals surface area (Å²) < 4.78 is 0.863. The Morgan fingerprint density at radius 3 is 1.48 bits per heavy atom. The van der Waals surface area contributed by atoms with Crippen LogP contribution in [0.3, 0.4) is 0 Å². The van der Waals surface area contributed by atoms with E-state index in [1.54, 1.807) is 11.4 Å². The molecule has 0 unspecified atom stereocenters. The smallest absolute Gasteiger partial charge is 0.0756 e. The van der Waals surface area contributed by atoms with Crippen LogP contribution < -0.4 is 10.6 Å². The van der Waals surface area contributed by atoms with Gasteiger partial charge in [0.05, 0.1) is 9.44 Å². The van der Waals surface area contributed by atoms with E-state index in [4.69, 9.17) is 24.0 Å². The van der Waals surface area contributed by atoms with Crippen molar-refractivity contribution in [2.24, 2.45) is 0 Å².